The first kappa shape index (κ1) is 14.6. The van der Waals surface area contributed by atoms with Crippen molar-refractivity contribution in [2.75, 3.05) is 6.54 Å². The molecule has 0 heterocycles. The van der Waals surface area contributed by atoms with Gasteiger partial charge in [0.2, 0.25) is 0 Å². The Morgan fingerprint density at radius 1 is 1.19 bits per heavy atom. The van der Waals surface area contributed by atoms with Crippen LogP contribution < -0.4 is 10.1 Å². The van der Waals surface area contributed by atoms with Crippen LogP contribution in [0.15, 0.2) is 48.5 Å². The number of para-hydroxylation sites is 1. The summed E-state index contributed by atoms with van der Waals surface area (Å²) in [5.74, 6) is 0.202. The van der Waals surface area contributed by atoms with E-state index in [0.29, 0.717) is 17.9 Å². The Morgan fingerprint density at radius 2 is 1.90 bits per heavy atom. The molecule has 4 nitrogen and oxygen atoms in total. The smallest absolute Gasteiger partial charge is 0.255 e. The molecule has 2 aromatic rings. The average molecular weight is 280 g/mol. The predicted molar refractivity (Wildman–Crippen MR) is 79.9 cm³/mol. The largest absolute Gasteiger partial charge is 0.488 e. The van der Waals surface area contributed by atoms with Gasteiger partial charge in [0.1, 0.15) is 18.9 Å². The molecule has 2 rings (SSSR count). The molecular formula is C17H16N2O2. The summed E-state index contributed by atoms with van der Waals surface area (Å²) in [6.07, 6.45) is 0. The van der Waals surface area contributed by atoms with Crippen molar-refractivity contribution in [2.24, 2.45) is 0 Å². The van der Waals surface area contributed by atoms with Gasteiger partial charge in [-0.3, -0.25) is 4.79 Å². The van der Waals surface area contributed by atoms with Gasteiger partial charge in [0, 0.05) is 0 Å². The minimum atomic E-state index is -0.308. The van der Waals surface area contributed by atoms with Gasteiger partial charge >= 0.3 is 0 Å². The van der Waals surface area contributed by atoms with Crippen LogP contribution in [0.3, 0.4) is 0 Å². The Labute approximate surface area is 124 Å². The number of ether oxygens (including phenoxy) is 1. The van der Waals surface area contributed by atoms with Crippen LogP contribution in [0.2, 0.25) is 0 Å². The monoisotopic (exact) mass is 280 g/mol. The lowest BCUT2D eigenvalue weighted by atomic mass is 10.1. The second-order valence-corrected chi connectivity index (χ2v) is 4.55. The van der Waals surface area contributed by atoms with Crippen molar-refractivity contribution in [3.05, 3.63) is 65.2 Å². The Bertz CT molecular complexity index is 674. The summed E-state index contributed by atoms with van der Waals surface area (Å²) in [6.45, 7) is 2.39. The molecule has 0 aromatic heterocycles. The van der Waals surface area contributed by atoms with Gasteiger partial charge in [0.25, 0.3) is 5.91 Å². The van der Waals surface area contributed by atoms with Crippen molar-refractivity contribution < 1.29 is 9.53 Å². The number of hydrogen-bond acceptors (Lipinski definition) is 3. The van der Waals surface area contributed by atoms with Crippen molar-refractivity contribution in [1.29, 1.82) is 5.26 Å². The summed E-state index contributed by atoms with van der Waals surface area (Å²) >= 11 is 0. The third-order valence-electron chi connectivity index (χ3n) is 3.10. The van der Waals surface area contributed by atoms with E-state index in [1.807, 2.05) is 43.3 Å². The van der Waals surface area contributed by atoms with Crippen molar-refractivity contribution in [3.63, 3.8) is 0 Å². The van der Waals surface area contributed by atoms with Crippen LogP contribution in [0.1, 0.15) is 21.5 Å². The number of carbonyl (C=O) groups excluding carboxylic acids is 1. The lowest BCUT2D eigenvalue weighted by Crippen LogP contribution is -2.24. The number of benzene rings is 2. The molecule has 0 fully saturated rings. The first-order valence-electron chi connectivity index (χ1n) is 6.64. The summed E-state index contributed by atoms with van der Waals surface area (Å²) in [4.78, 5) is 12.0. The number of rotatable bonds is 5. The molecule has 1 amide bonds. The highest BCUT2D eigenvalue weighted by atomic mass is 16.5. The van der Waals surface area contributed by atoms with Crippen molar-refractivity contribution in [3.8, 4) is 11.8 Å². The van der Waals surface area contributed by atoms with E-state index in [2.05, 4.69) is 5.32 Å². The molecule has 0 aliphatic carbocycles. The summed E-state index contributed by atoms with van der Waals surface area (Å²) in [5, 5.41) is 11.0. The molecule has 0 saturated heterocycles. The van der Waals surface area contributed by atoms with E-state index in [9.17, 15) is 4.79 Å². The normalized spacial score (nSPS) is 9.71. The fourth-order valence-corrected chi connectivity index (χ4v) is 1.92. The number of nitriles is 1. The first-order valence-corrected chi connectivity index (χ1v) is 6.64. The molecule has 0 aliphatic rings. The van der Waals surface area contributed by atoms with Gasteiger partial charge in [0.15, 0.2) is 0 Å². The molecule has 0 radical (unpaired) electrons. The zero-order valence-corrected chi connectivity index (χ0v) is 11.8. The van der Waals surface area contributed by atoms with E-state index in [1.165, 1.54) is 0 Å². The molecular weight excluding hydrogens is 264 g/mol. The Hall–Kier alpha value is -2.80. The van der Waals surface area contributed by atoms with E-state index in [0.717, 1.165) is 11.1 Å². The van der Waals surface area contributed by atoms with Crippen LogP contribution >= 0.6 is 0 Å². The number of amides is 1. The van der Waals surface area contributed by atoms with E-state index in [-0.39, 0.29) is 12.5 Å². The number of nitrogens with one attached hydrogen (secondary N) is 1. The fraction of sp³-hybridized carbons (Fsp3) is 0.176. The number of nitrogens with zero attached hydrogens (tertiary/aromatic N) is 1. The first-order chi connectivity index (χ1) is 10.2. The third-order valence-corrected chi connectivity index (χ3v) is 3.10. The van der Waals surface area contributed by atoms with Gasteiger partial charge < -0.3 is 10.1 Å². The molecule has 0 atom stereocenters. The molecule has 2 aromatic carbocycles. The van der Waals surface area contributed by atoms with Crippen molar-refractivity contribution in [1.82, 2.24) is 5.32 Å². The Kier molecular flexibility index (Phi) is 4.94. The van der Waals surface area contributed by atoms with Crippen LogP contribution in [-0.2, 0) is 6.61 Å². The highest BCUT2D eigenvalue weighted by Gasteiger charge is 2.11. The highest BCUT2D eigenvalue weighted by Crippen LogP contribution is 2.20. The van der Waals surface area contributed by atoms with Crippen LogP contribution in [0, 0.1) is 18.3 Å². The van der Waals surface area contributed by atoms with Gasteiger partial charge in [0.05, 0.1) is 11.6 Å². The second kappa shape index (κ2) is 7.11. The fourth-order valence-electron chi connectivity index (χ4n) is 1.92. The van der Waals surface area contributed by atoms with Crippen molar-refractivity contribution >= 4 is 5.91 Å². The van der Waals surface area contributed by atoms with Crippen LogP contribution in [0.4, 0.5) is 0 Å². The van der Waals surface area contributed by atoms with Gasteiger partial charge in [-0.05, 0) is 30.2 Å². The molecule has 0 aliphatic heterocycles. The molecule has 106 valence electrons. The van der Waals surface area contributed by atoms with E-state index < -0.39 is 0 Å². The Morgan fingerprint density at radius 3 is 2.67 bits per heavy atom. The van der Waals surface area contributed by atoms with Gasteiger partial charge in [-0.25, -0.2) is 0 Å². The SMILES string of the molecule is Cc1ccccc1COc1ccccc1C(=O)NCC#N. The summed E-state index contributed by atoms with van der Waals surface area (Å²) in [6, 6.07) is 16.8. The molecule has 0 unspecified atom stereocenters. The highest BCUT2D eigenvalue weighted by molar-refractivity contribution is 5.97. The Balaban J connectivity index is 2.12. The van der Waals surface area contributed by atoms with E-state index in [1.54, 1.807) is 18.2 Å². The molecule has 0 bridgehead atoms. The third kappa shape index (κ3) is 3.83. The number of hydrogen-bond donors (Lipinski definition) is 1. The van der Waals surface area contributed by atoms with E-state index >= 15 is 0 Å². The lowest BCUT2D eigenvalue weighted by molar-refractivity contribution is 0.0954. The average Bonchev–Trinajstić information content (AvgIpc) is 2.52. The quantitative estimate of drug-likeness (QED) is 0.857. The minimum absolute atomic E-state index is 0.0229. The number of aryl methyl sites for hydroxylation is 1. The maximum absolute atomic E-state index is 12.0. The lowest BCUT2D eigenvalue weighted by Gasteiger charge is -2.12. The van der Waals surface area contributed by atoms with Gasteiger partial charge in [-0.15, -0.1) is 0 Å². The summed E-state index contributed by atoms with van der Waals surface area (Å²) in [7, 11) is 0. The topological polar surface area (TPSA) is 62.1 Å². The van der Waals surface area contributed by atoms with Crippen LogP contribution in [-0.4, -0.2) is 12.5 Å². The van der Waals surface area contributed by atoms with Crippen molar-refractivity contribution in [2.45, 2.75) is 13.5 Å². The molecule has 4 heteroatoms. The zero-order chi connectivity index (χ0) is 15.1. The molecule has 0 saturated carbocycles. The van der Waals surface area contributed by atoms with Gasteiger partial charge in [-0.1, -0.05) is 36.4 Å². The number of carbonyl (C=O) groups is 1. The summed E-state index contributed by atoms with van der Waals surface area (Å²) < 4.78 is 5.76. The molecule has 0 spiro atoms. The second-order valence-electron chi connectivity index (χ2n) is 4.55. The van der Waals surface area contributed by atoms with E-state index in [4.69, 9.17) is 10.00 Å². The predicted octanol–water partition coefficient (Wildman–Crippen LogP) is 2.83. The van der Waals surface area contributed by atoms with Crippen LogP contribution in [0.5, 0.6) is 5.75 Å². The summed E-state index contributed by atoms with van der Waals surface area (Å²) in [5.41, 5.74) is 2.65. The minimum Gasteiger partial charge on any atom is -0.488 e. The standard InChI is InChI=1S/C17H16N2O2/c1-13-6-2-3-7-14(13)12-21-16-9-5-4-8-15(16)17(20)19-11-10-18/h2-9H,11-12H2,1H3,(H,19,20). The van der Waals surface area contributed by atoms with Gasteiger partial charge in [-0.2, -0.15) is 5.26 Å². The zero-order valence-electron chi connectivity index (χ0n) is 11.8. The molecule has 21 heavy (non-hydrogen) atoms. The maximum atomic E-state index is 12.0. The molecule has 1 N–H and O–H groups in total. The van der Waals surface area contributed by atoms with Crippen LogP contribution in [0.25, 0.3) is 0 Å². The maximum Gasteiger partial charge on any atom is 0.255 e.